The summed E-state index contributed by atoms with van der Waals surface area (Å²) in [6.07, 6.45) is 0. The predicted octanol–water partition coefficient (Wildman–Crippen LogP) is 17.1. The van der Waals surface area contributed by atoms with Gasteiger partial charge in [0.15, 0.2) is 5.58 Å². The van der Waals surface area contributed by atoms with Crippen LogP contribution in [-0.4, -0.2) is 0 Å². The van der Waals surface area contributed by atoms with E-state index in [-0.39, 0.29) is 0 Å². The van der Waals surface area contributed by atoms with E-state index in [1.807, 2.05) is 11.3 Å². The summed E-state index contributed by atoms with van der Waals surface area (Å²) in [5.41, 5.74) is 19.2. The molecule has 0 amide bonds. The second-order valence-electron chi connectivity index (χ2n) is 17.1. The van der Waals surface area contributed by atoms with E-state index >= 15 is 0 Å². The van der Waals surface area contributed by atoms with Crippen LogP contribution in [0.2, 0.25) is 0 Å². The molecule has 0 fully saturated rings. The monoisotopic (exact) mass is 831 g/mol. The molecular formula is C61H37NOS. The Balaban J connectivity index is 1.14. The first-order chi connectivity index (χ1) is 31.8. The van der Waals surface area contributed by atoms with Gasteiger partial charge in [-0.2, -0.15) is 0 Å². The van der Waals surface area contributed by atoms with Crippen molar-refractivity contribution in [1.82, 2.24) is 0 Å². The van der Waals surface area contributed by atoms with Gasteiger partial charge in [-0.1, -0.05) is 176 Å². The number of nitrogens with zero attached hydrogens (tertiary/aromatic N) is 1. The molecule has 3 heteroatoms. The van der Waals surface area contributed by atoms with Gasteiger partial charge in [0.25, 0.3) is 0 Å². The fraction of sp³-hybridized carbons (Fsp3) is 0.0164. The second kappa shape index (κ2) is 13.5. The molecule has 298 valence electrons. The van der Waals surface area contributed by atoms with Gasteiger partial charge in [-0.15, -0.1) is 11.3 Å². The van der Waals surface area contributed by atoms with Gasteiger partial charge in [-0.25, -0.2) is 0 Å². The number of fused-ring (bicyclic) bond motifs is 18. The number of hydrogen-bond donors (Lipinski definition) is 0. The van der Waals surface area contributed by atoms with Gasteiger partial charge in [0.1, 0.15) is 5.58 Å². The molecule has 12 aromatic rings. The molecule has 0 saturated heterocycles. The average molecular weight is 832 g/mol. The van der Waals surface area contributed by atoms with E-state index in [0.29, 0.717) is 0 Å². The molecule has 1 unspecified atom stereocenters. The fourth-order valence-electron chi connectivity index (χ4n) is 11.3. The van der Waals surface area contributed by atoms with E-state index in [9.17, 15) is 0 Å². The fourth-order valence-corrected chi connectivity index (χ4v) is 12.4. The summed E-state index contributed by atoms with van der Waals surface area (Å²) in [6, 6.07) is 83.0. The van der Waals surface area contributed by atoms with Crippen molar-refractivity contribution in [3.63, 3.8) is 0 Å². The van der Waals surface area contributed by atoms with Crippen molar-refractivity contribution in [1.29, 1.82) is 0 Å². The van der Waals surface area contributed by atoms with E-state index in [4.69, 9.17) is 4.42 Å². The Hall–Kier alpha value is -7.98. The highest BCUT2D eigenvalue weighted by Crippen LogP contribution is 2.63. The van der Waals surface area contributed by atoms with Crippen LogP contribution in [0.25, 0.3) is 86.6 Å². The zero-order valence-electron chi connectivity index (χ0n) is 34.6. The smallest absolute Gasteiger partial charge is 0.159 e. The Morgan fingerprint density at radius 1 is 0.344 bits per heavy atom. The van der Waals surface area contributed by atoms with Gasteiger partial charge >= 0.3 is 0 Å². The summed E-state index contributed by atoms with van der Waals surface area (Å²) in [6.45, 7) is 0. The van der Waals surface area contributed by atoms with Crippen molar-refractivity contribution < 1.29 is 4.42 Å². The highest BCUT2D eigenvalue weighted by molar-refractivity contribution is 7.25. The summed E-state index contributed by atoms with van der Waals surface area (Å²) in [7, 11) is 0. The lowest BCUT2D eigenvalue weighted by atomic mass is 9.65. The molecule has 2 aliphatic rings. The highest BCUT2D eigenvalue weighted by Gasteiger charge is 2.50. The maximum Gasteiger partial charge on any atom is 0.159 e. The largest absolute Gasteiger partial charge is 0.454 e. The first-order valence-corrected chi connectivity index (χ1v) is 22.8. The first kappa shape index (κ1) is 35.6. The summed E-state index contributed by atoms with van der Waals surface area (Å²) in [4.78, 5) is 2.45. The van der Waals surface area contributed by atoms with Crippen LogP contribution in [0.1, 0.15) is 22.3 Å². The number of rotatable bonds is 4. The van der Waals surface area contributed by atoms with E-state index in [1.165, 1.54) is 75.8 Å². The van der Waals surface area contributed by atoms with Gasteiger partial charge in [0.05, 0.1) is 16.8 Å². The third-order valence-electron chi connectivity index (χ3n) is 13.9. The van der Waals surface area contributed by atoms with Crippen LogP contribution in [0, 0.1) is 0 Å². The van der Waals surface area contributed by atoms with Crippen LogP contribution in [0.3, 0.4) is 0 Å². The topological polar surface area (TPSA) is 16.4 Å². The zero-order valence-corrected chi connectivity index (χ0v) is 35.4. The van der Waals surface area contributed by atoms with Crippen molar-refractivity contribution in [2.75, 3.05) is 4.90 Å². The molecular weight excluding hydrogens is 795 g/mol. The number of hydrogen-bond acceptors (Lipinski definition) is 3. The average Bonchev–Trinajstić information content (AvgIpc) is 4.00. The Labute approximate surface area is 374 Å². The van der Waals surface area contributed by atoms with Crippen LogP contribution >= 0.6 is 11.3 Å². The Morgan fingerprint density at radius 3 is 1.72 bits per heavy atom. The van der Waals surface area contributed by atoms with E-state index in [1.54, 1.807) is 0 Å². The molecule has 1 atom stereocenters. The number of benzene rings is 10. The maximum atomic E-state index is 6.89. The van der Waals surface area contributed by atoms with Crippen molar-refractivity contribution in [2.45, 2.75) is 5.41 Å². The van der Waals surface area contributed by atoms with Gasteiger partial charge in [-0.05, 0) is 110 Å². The number of anilines is 3. The molecule has 14 rings (SSSR count). The van der Waals surface area contributed by atoms with Gasteiger partial charge < -0.3 is 9.32 Å². The van der Waals surface area contributed by atoms with Crippen molar-refractivity contribution >= 4 is 70.5 Å². The molecule has 0 aliphatic heterocycles. The normalized spacial score (nSPS) is 14.6. The van der Waals surface area contributed by atoms with E-state index in [0.717, 1.165) is 50.1 Å². The van der Waals surface area contributed by atoms with Crippen LogP contribution < -0.4 is 4.90 Å². The lowest BCUT2D eigenvalue weighted by molar-refractivity contribution is 0.669. The van der Waals surface area contributed by atoms with Gasteiger partial charge in [0, 0.05) is 42.2 Å². The van der Waals surface area contributed by atoms with Crippen LogP contribution in [0.4, 0.5) is 17.1 Å². The minimum atomic E-state index is -0.659. The first-order valence-electron chi connectivity index (χ1n) is 22.0. The molecule has 0 bridgehead atoms. The lowest BCUT2D eigenvalue weighted by Crippen LogP contribution is -2.29. The van der Waals surface area contributed by atoms with Crippen LogP contribution in [-0.2, 0) is 5.41 Å². The standard InChI is InChI=1S/C61H37NOS/c1-2-17-38(18-3-1)40-19-8-13-29-55(40)62(56-30-16-26-48-46-24-9-14-31-57(46)63-60(48)56)39-33-34-45-42-21-5-4-20-41(42)43-22-6-11-27-51(43)61(53(45)35-39)52-28-12-7-23-44(52)49-36-50-47-25-10-15-32-58(47)64-59(50)37-54(49)61/h1-37H. The molecule has 1 spiro atoms. The van der Waals surface area contributed by atoms with Crippen molar-refractivity contribution in [3.8, 4) is 44.5 Å². The molecule has 10 aromatic carbocycles. The molecule has 2 aromatic heterocycles. The summed E-state index contributed by atoms with van der Waals surface area (Å²) in [5.74, 6) is 0. The lowest BCUT2D eigenvalue weighted by Gasteiger charge is -2.36. The van der Waals surface area contributed by atoms with Crippen molar-refractivity contribution in [2.24, 2.45) is 0 Å². The molecule has 2 aliphatic carbocycles. The van der Waals surface area contributed by atoms with Crippen molar-refractivity contribution in [3.05, 3.63) is 247 Å². The van der Waals surface area contributed by atoms with Gasteiger partial charge in [-0.3, -0.25) is 0 Å². The Bertz CT molecular complexity index is 3870. The number of thiophene rings is 1. The minimum absolute atomic E-state index is 0.659. The second-order valence-corrected chi connectivity index (χ2v) is 18.2. The number of para-hydroxylation sites is 3. The highest BCUT2D eigenvalue weighted by atomic mass is 32.1. The summed E-state index contributed by atoms with van der Waals surface area (Å²) in [5, 5.41) is 4.83. The zero-order chi connectivity index (χ0) is 41.9. The summed E-state index contributed by atoms with van der Waals surface area (Å²) < 4.78 is 9.51. The molecule has 0 saturated carbocycles. The van der Waals surface area contributed by atoms with Crippen LogP contribution in [0.5, 0.6) is 0 Å². The predicted molar refractivity (Wildman–Crippen MR) is 268 cm³/mol. The SMILES string of the molecule is c1ccc(-c2ccccc2N(c2ccc3c(c2)C2(c4ccccc4-c4ccccc4-3)c3ccccc3-c3cc4c(cc32)sc2ccccc24)c2cccc3c2oc2ccccc23)cc1. The molecule has 2 heterocycles. The van der Waals surface area contributed by atoms with E-state index < -0.39 is 5.41 Å². The summed E-state index contributed by atoms with van der Waals surface area (Å²) >= 11 is 1.90. The molecule has 64 heavy (non-hydrogen) atoms. The van der Waals surface area contributed by atoms with Crippen LogP contribution in [0.15, 0.2) is 229 Å². The maximum absolute atomic E-state index is 6.89. The number of furan rings is 1. The van der Waals surface area contributed by atoms with E-state index in [2.05, 4.69) is 229 Å². The quantitative estimate of drug-likeness (QED) is 0.176. The molecule has 0 radical (unpaired) electrons. The molecule has 0 N–H and O–H groups in total. The Kier molecular flexibility index (Phi) is 7.51. The van der Waals surface area contributed by atoms with Gasteiger partial charge in [0.2, 0.25) is 0 Å². The Morgan fingerprint density at radius 2 is 0.922 bits per heavy atom. The third-order valence-corrected chi connectivity index (χ3v) is 15.0. The third kappa shape index (κ3) is 4.85. The minimum Gasteiger partial charge on any atom is -0.454 e. The molecule has 2 nitrogen and oxygen atoms in total.